The summed E-state index contributed by atoms with van der Waals surface area (Å²) in [4.78, 5) is 11.6. The molecule has 1 saturated heterocycles. The smallest absolute Gasteiger partial charge is 0.245 e. The van der Waals surface area contributed by atoms with E-state index in [9.17, 15) is 13.2 Å². The number of halogens is 1. The number of sulfonamides is 1. The molecule has 7 heteroatoms. The average molecular weight is 393 g/mol. The number of aryl methyl sites for hydroxylation is 1. The Morgan fingerprint density at radius 2 is 1.88 bits per heavy atom. The van der Waals surface area contributed by atoms with Crippen molar-refractivity contribution in [3.8, 4) is 0 Å². The summed E-state index contributed by atoms with van der Waals surface area (Å²) in [6.07, 6.45) is 1.54. The Hall–Kier alpha value is -1.89. The van der Waals surface area contributed by atoms with Gasteiger partial charge in [-0.3, -0.25) is 4.79 Å². The Bertz CT molecular complexity index is 926. The Morgan fingerprint density at radius 1 is 1.19 bits per heavy atom. The van der Waals surface area contributed by atoms with Crippen LogP contribution in [0.3, 0.4) is 0 Å². The number of rotatable bonds is 4. The first-order valence-electron chi connectivity index (χ1n) is 8.44. The maximum Gasteiger partial charge on any atom is 0.245 e. The van der Waals surface area contributed by atoms with E-state index in [0.717, 1.165) is 24.0 Å². The third-order valence-electron chi connectivity index (χ3n) is 4.49. The number of carbonyl (C=O) groups is 1. The number of nitrogens with one attached hydrogen (secondary N) is 1. The van der Waals surface area contributed by atoms with Gasteiger partial charge in [0, 0.05) is 18.5 Å². The zero-order valence-corrected chi connectivity index (χ0v) is 16.3. The molecule has 0 aliphatic carbocycles. The molecule has 1 heterocycles. The highest BCUT2D eigenvalue weighted by Gasteiger charge is 2.37. The minimum atomic E-state index is -3.76. The number of anilines is 1. The zero-order chi connectivity index (χ0) is 18.9. The number of hydrogen-bond donors (Lipinski definition) is 1. The van der Waals surface area contributed by atoms with Crippen LogP contribution < -0.4 is 5.32 Å². The van der Waals surface area contributed by atoms with Gasteiger partial charge in [0.05, 0.1) is 11.7 Å². The van der Waals surface area contributed by atoms with Crippen molar-refractivity contribution >= 4 is 33.2 Å². The predicted molar refractivity (Wildman–Crippen MR) is 103 cm³/mol. The summed E-state index contributed by atoms with van der Waals surface area (Å²) in [6, 6.07) is 12.1. The van der Waals surface area contributed by atoms with E-state index < -0.39 is 10.0 Å². The Kier molecular flexibility index (Phi) is 5.37. The van der Waals surface area contributed by atoms with E-state index in [1.165, 1.54) is 11.2 Å². The fraction of sp³-hybridized carbons (Fsp3) is 0.316. The van der Waals surface area contributed by atoms with Crippen molar-refractivity contribution in [1.29, 1.82) is 0 Å². The second-order valence-corrected chi connectivity index (χ2v) is 8.80. The minimum absolute atomic E-state index is 0.133. The standard InChI is InChI=1S/C19H21ClN2O3S/c1-13-5-10-17(21-14(2)23)19(12-13)26(24,25)22-11-3-4-18(22)15-6-8-16(20)9-7-15/h5-10,12,18H,3-4,11H2,1-2H3,(H,21,23)/t18-/m0/s1. The molecule has 1 N–H and O–H groups in total. The van der Waals surface area contributed by atoms with Gasteiger partial charge in [-0.2, -0.15) is 4.31 Å². The summed E-state index contributed by atoms with van der Waals surface area (Å²) in [5.74, 6) is -0.305. The van der Waals surface area contributed by atoms with Gasteiger partial charge in [-0.1, -0.05) is 29.8 Å². The fourth-order valence-electron chi connectivity index (χ4n) is 3.31. The van der Waals surface area contributed by atoms with Crippen LogP contribution in [-0.4, -0.2) is 25.2 Å². The number of carbonyl (C=O) groups excluding carboxylic acids is 1. The second-order valence-electron chi connectivity index (χ2n) is 6.51. The molecule has 0 unspecified atom stereocenters. The first-order chi connectivity index (χ1) is 12.3. The summed E-state index contributed by atoms with van der Waals surface area (Å²) in [5, 5.41) is 3.25. The lowest BCUT2D eigenvalue weighted by atomic mass is 10.1. The van der Waals surface area contributed by atoms with Gasteiger partial charge < -0.3 is 5.32 Å². The van der Waals surface area contributed by atoms with E-state index in [4.69, 9.17) is 11.6 Å². The summed E-state index contributed by atoms with van der Waals surface area (Å²) >= 11 is 5.96. The van der Waals surface area contributed by atoms with Crippen molar-refractivity contribution < 1.29 is 13.2 Å². The van der Waals surface area contributed by atoms with Crippen LogP contribution >= 0.6 is 11.6 Å². The third kappa shape index (κ3) is 3.77. The van der Waals surface area contributed by atoms with E-state index in [1.54, 1.807) is 30.3 Å². The molecule has 1 fully saturated rings. The molecule has 0 aromatic heterocycles. The van der Waals surface area contributed by atoms with E-state index in [-0.39, 0.29) is 16.8 Å². The monoisotopic (exact) mass is 392 g/mol. The maximum atomic E-state index is 13.4. The Morgan fingerprint density at radius 3 is 2.54 bits per heavy atom. The number of amides is 1. The molecular formula is C19H21ClN2O3S. The molecular weight excluding hydrogens is 372 g/mol. The van der Waals surface area contributed by atoms with Crippen LogP contribution in [0.25, 0.3) is 0 Å². The molecule has 26 heavy (non-hydrogen) atoms. The van der Waals surface area contributed by atoms with Crippen molar-refractivity contribution in [3.63, 3.8) is 0 Å². The summed E-state index contributed by atoms with van der Waals surface area (Å²) in [6.45, 7) is 3.64. The largest absolute Gasteiger partial charge is 0.325 e. The van der Waals surface area contributed by atoms with Gasteiger partial charge >= 0.3 is 0 Å². The molecule has 1 atom stereocenters. The van der Waals surface area contributed by atoms with Crippen molar-refractivity contribution in [2.75, 3.05) is 11.9 Å². The van der Waals surface area contributed by atoms with Crippen LogP contribution in [0.5, 0.6) is 0 Å². The molecule has 1 aliphatic rings. The summed E-state index contributed by atoms with van der Waals surface area (Å²) in [7, 11) is -3.76. The van der Waals surface area contributed by atoms with Gasteiger partial charge in [-0.05, 0) is 55.2 Å². The van der Waals surface area contributed by atoms with Crippen LogP contribution in [0.4, 0.5) is 5.69 Å². The average Bonchev–Trinajstić information content (AvgIpc) is 3.07. The highest BCUT2D eigenvalue weighted by Crippen LogP contribution is 2.38. The van der Waals surface area contributed by atoms with Crippen molar-refractivity contribution in [2.45, 2.75) is 37.6 Å². The molecule has 1 amide bonds. The third-order valence-corrected chi connectivity index (χ3v) is 6.69. The molecule has 0 spiro atoms. The summed E-state index contributed by atoms with van der Waals surface area (Å²) < 4.78 is 28.3. The first kappa shape index (κ1) is 18.9. The normalized spacial score (nSPS) is 18.0. The number of nitrogens with zero attached hydrogens (tertiary/aromatic N) is 1. The van der Waals surface area contributed by atoms with E-state index in [0.29, 0.717) is 17.3 Å². The highest BCUT2D eigenvalue weighted by atomic mass is 35.5. The SMILES string of the molecule is CC(=O)Nc1ccc(C)cc1S(=O)(=O)N1CCC[C@H]1c1ccc(Cl)cc1. The van der Waals surface area contributed by atoms with Crippen molar-refractivity contribution in [2.24, 2.45) is 0 Å². The lowest BCUT2D eigenvalue weighted by Gasteiger charge is -2.26. The summed E-state index contributed by atoms with van der Waals surface area (Å²) in [5.41, 5.74) is 2.05. The van der Waals surface area contributed by atoms with Gasteiger partial charge in [-0.15, -0.1) is 0 Å². The predicted octanol–water partition coefficient (Wildman–Crippen LogP) is 4.13. The Balaban J connectivity index is 2.03. The molecule has 5 nitrogen and oxygen atoms in total. The van der Waals surface area contributed by atoms with Gasteiger partial charge in [0.1, 0.15) is 4.90 Å². The fourth-order valence-corrected chi connectivity index (χ4v) is 5.35. The lowest BCUT2D eigenvalue weighted by Crippen LogP contribution is -2.31. The Labute approximate surface area is 159 Å². The van der Waals surface area contributed by atoms with Crippen LogP contribution in [0.15, 0.2) is 47.4 Å². The molecule has 0 saturated carbocycles. The molecule has 2 aromatic carbocycles. The van der Waals surface area contributed by atoms with E-state index in [2.05, 4.69) is 5.32 Å². The van der Waals surface area contributed by atoms with Crippen molar-refractivity contribution in [3.05, 3.63) is 58.6 Å². The van der Waals surface area contributed by atoms with Crippen LogP contribution in [-0.2, 0) is 14.8 Å². The van der Waals surface area contributed by atoms with Crippen LogP contribution in [0, 0.1) is 6.92 Å². The number of benzene rings is 2. The number of hydrogen-bond acceptors (Lipinski definition) is 3. The second kappa shape index (κ2) is 7.39. The molecule has 0 radical (unpaired) electrons. The quantitative estimate of drug-likeness (QED) is 0.850. The molecule has 2 aromatic rings. The topological polar surface area (TPSA) is 66.5 Å². The van der Waals surface area contributed by atoms with Crippen LogP contribution in [0.1, 0.15) is 36.9 Å². The van der Waals surface area contributed by atoms with E-state index >= 15 is 0 Å². The van der Waals surface area contributed by atoms with Gasteiger partial charge in [0.25, 0.3) is 0 Å². The highest BCUT2D eigenvalue weighted by molar-refractivity contribution is 7.89. The van der Waals surface area contributed by atoms with Crippen LogP contribution in [0.2, 0.25) is 5.02 Å². The molecule has 3 rings (SSSR count). The minimum Gasteiger partial charge on any atom is -0.325 e. The van der Waals surface area contributed by atoms with Gasteiger partial charge in [0.2, 0.25) is 15.9 Å². The lowest BCUT2D eigenvalue weighted by molar-refractivity contribution is -0.114. The van der Waals surface area contributed by atoms with Crippen molar-refractivity contribution in [1.82, 2.24) is 4.31 Å². The first-order valence-corrected chi connectivity index (χ1v) is 10.3. The zero-order valence-electron chi connectivity index (χ0n) is 14.7. The van der Waals surface area contributed by atoms with E-state index in [1.807, 2.05) is 19.1 Å². The van der Waals surface area contributed by atoms with Gasteiger partial charge in [-0.25, -0.2) is 8.42 Å². The molecule has 0 bridgehead atoms. The molecule has 138 valence electrons. The maximum absolute atomic E-state index is 13.4. The van der Waals surface area contributed by atoms with Gasteiger partial charge in [0.15, 0.2) is 0 Å². The molecule has 1 aliphatic heterocycles.